The average Bonchev–Trinajstić information content (AvgIpc) is 3.54. The van der Waals surface area contributed by atoms with Gasteiger partial charge in [0.2, 0.25) is 5.91 Å². The predicted octanol–water partition coefficient (Wildman–Crippen LogP) is 7.68. The van der Waals surface area contributed by atoms with Gasteiger partial charge in [-0.3, -0.25) is 19.7 Å². The van der Waals surface area contributed by atoms with E-state index >= 15 is 0 Å². The summed E-state index contributed by atoms with van der Waals surface area (Å²) < 4.78 is 0. The van der Waals surface area contributed by atoms with E-state index in [1.807, 2.05) is 150 Å². The average molecular weight is 797 g/mol. The van der Waals surface area contributed by atoms with E-state index < -0.39 is 35.7 Å². The van der Waals surface area contributed by atoms with Crippen LogP contribution in [-0.4, -0.2) is 90.2 Å². The highest BCUT2D eigenvalue weighted by atomic mass is 16.4. The molecule has 4 atom stereocenters. The van der Waals surface area contributed by atoms with Gasteiger partial charge >= 0.3 is 12.1 Å². The Morgan fingerprint density at radius 2 is 1.49 bits per heavy atom. The second-order valence-electron chi connectivity index (χ2n) is 16.7. The maximum Gasteiger partial charge on any atom is 0.407 e. The van der Waals surface area contributed by atoms with Gasteiger partial charge in [0.05, 0.1) is 30.1 Å². The highest BCUT2D eigenvalue weighted by Crippen LogP contribution is 2.30. The fraction of sp³-hybridized carbons (Fsp3) is 0.354. The lowest BCUT2D eigenvalue weighted by molar-refractivity contribution is -0.129. The minimum atomic E-state index is -1.18. The number of hydrogen-bond donors (Lipinski definition) is 3. The third-order valence-corrected chi connectivity index (χ3v) is 10.9. The summed E-state index contributed by atoms with van der Waals surface area (Å²) in [6.45, 7) is 11.0. The second kappa shape index (κ2) is 19.1. The summed E-state index contributed by atoms with van der Waals surface area (Å²) in [7, 11) is 0. The molecule has 308 valence electrons. The monoisotopic (exact) mass is 796 g/mol. The number of carbonyl (C=O) groups excluding carboxylic acids is 2. The number of carboxylic acid groups (broad SMARTS) is 1. The van der Waals surface area contributed by atoms with E-state index in [1.54, 1.807) is 16.0 Å². The Bertz CT molecular complexity index is 2180. The first kappa shape index (κ1) is 42.5. The molecule has 11 heteroatoms. The number of aliphatic hydroxyl groups is 1. The molecular weight excluding hydrogens is 741 g/mol. The number of nitrogens with zero attached hydrogens (tertiary/aromatic N) is 5. The highest BCUT2D eigenvalue weighted by molar-refractivity contribution is 5.89. The van der Waals surface area contributed by atoms with Gasteiger partial charge in [0.25, 0.3) is 0 Å². The highest BCUT2D eigenvalue weighted by Gasteiger charge is 2.44. The lowest BCUT2D eigenvalue weighted by Crippen LogP contribution is -2.57. The number of nitrogens with one attached hydrogen (secondary N) is 1. The van der Waals surface area contributed by atoms with Crippen LogP contribution < -0.4 is 5.32 Å². The summed E-state index contributed by atoms with van der Waals surface area (Å²) in [5.41, 5.74) is 6.46. The number of rotatable bonds is 16. The van der Waals surface area contributed by atoms with Crippen molar-refractivity contribution < 1.29 is 24.6 Å². The fourth-order valence-corrected chi connectivity index (χ4v) is 8.00. The molecule has 3 aromatic carbocycles. The maximum atomic E-state index is 14.6. The molecule has 6 rings (SSSR count). The maximum absolute atomic E-state index is 14.6. The molecule has 0 saturated carbocycles. The predicted molar refractivity (Wildman–Crippen MR) is 229 cm³/mol. The smallest absolute Gasteiger partial charge is 0.407 e. The minimum Gasteiger partial charge on any atom is -0.465 e. The summed E-state index contributed by atoms with van der Waals surface area (Å²) in [4.78, 5) is 55.4. The number of amides is 4. The van der Waals surface area contributed by atoms with Crippen molar-refractivity contribution in [3.63, 3.8) is 0 Å². The van der Waals surface area contributed by atoms with Crippen LogP contribution in [0.4, 0.5) is 9.59 Å². The topological polar surface area (TPSA) is 139 Å². The number of benzene rings is 3. The van der Waals surface area contributed by atoms with Crippen LogP contribution in [0.2, 0.25) is 0 Å². The fourth-order valence-electron chi connectivity index (χ4n) is 8.00. The van der Waals surface area contributed by atoms with Gasteiger partial charge in [-0.1, -0.05) is 112 Å². The number of carbonyl (C=O) groups is 3. The number of aryl methyl sites for hydroxylation is 2. The summed E-state index contributed by atoms with van der Waals surface area (Å²) >= 11 is 0. The molecule has 1 aliphatic heterocycles. The van der Waals surface area contributed by atoms with Gasteiger partial charge in [0.1, 0.15) is 6.04 Å². The Morgan fingerprint density at radius 3 is 2.12 bits per heavy atom. The number of hydrogen-bond acceptors (Lipinski definition) is 6. The number of pyridine rings is 2. The second-order valence-corrected chi connectivity index (χ2v) is 16.7. The van der Waals surface area contributed by atoms with Crippen LogP contribution in [-0.2, 0) is 30.7 Å². The lowest BCUT2D eigenvalue weighted by atomic mass is 9.84. The first-order valence-corrected chi connectivity index (χ1v) is 20.3. The van der Waals surface area contributed by atoms with Crippen LogP contribution in [0, 0.1) is 19.3 Å². The van der Waals surface area contributed by atoms with Gasteiger partial charge in [-0.2, -0.15) is 0 Å². The molecule has 4 amide bonds. The van der Waals surface area contributed by atoms with Crippen LogP contribution in [0.15, 0.2) is 121 Å². The Hall–Kier alpha value is -6.07. The zero-order chi connectivity index (χ0) is 42.1. The summed E-state index contributed by atoms with van der Waals surface area (Å²) in [5, 5.41) is 26.2. The van der Waals surface area contributed by atoms with Crippen molar-refractivity contribution >= 4 is 18.0 Å². The standard InChI is InChI=1S/C48H56N6O5/c1-33-23-24-49-41(27-33)38-21-19-36(20-22-38)29-42(54(47(58)59)31-37-16-10-7-11-17-37)43(55)30-40(28-35-14-8-6-9-15-35)51-45(56)44(48(3,4)5)53-26-25-52(46(53)57)32-39-18-12-13-34(2)50-39/h6-24,27,40,42-44,55H,25-26,28-32H2,1-5H3,(H,51,56)(H,58,59)/t40-,42-,43-,44+/m0/s1. The van der Waals surface area contributed by atoms with Gasteiger partial charge in [-0.15, -0.1) is 0 Å². The van der Waals surface area contributed by atoms with E-state index in [-0.39, 0.29) is 31.3 Å². The van der Waals surface area contributed by atoms with E-state index in [2.05, 4.69) is 15.3 Å². The van der Waals surface area contributed by atoms with Gasteiger partial charge < -0.3 is 25.3 Å². The largest absolute Gasteiger partial charge is 0.465 e. The van der Waals surface area contributed by atoms with Crippen molar-refractivity contribution in [1.82, 2.24) is 30.0 Å². The number of aromatic nitrogens is 2. The van der Waals surface area contributed by atoms with E-state index in [1.165, 1.54) is 4.90 Å². The molecule has 2 aromatic heterocycles. The number of aliphatic hydroxyl groups excluding tert-OH is 1. The molecule has 1 saturated heterocycles. The molecule has 0 aliphatic carbocycles. The summed E-state index contributed by atoms with van der Waals surface area (Å²) in [5.74, 6) is -0.328. The molecule has 11 nitrogen and oxygen atoms in total. The van der Waals surface area contributed by atoms with Crippen LogP contribution in [0.25, 0.3) is 11.3 Å². The zero-order valence-electron chi connectivity index (χ0n) is 34.7. The minimum absolute atomic E-state index is 0.0606. The van der Waals surface area contributed by atoms with Crippen molar-refractivity contribution in [2.75, 3.05) is 13.1 Å². The van der Waals surface area contributed by atoms with Crippen molar-refractivity contribution in [2.45, 2.75) is 91.2 Å². The van der Waals surface area contributed by atoms with Gasteiger partial charge in [0, 0.05) is 43.1 Å². The molecule has 1 fully saturated rings. The lowest BCUT2D eigenvalue weighted by Gasteiger charge is -2.38. The van der Waals surface area contributed by atoms with Crippen molar-refractivity contribution in [3.8, 4) is 11.3 Å². The quantitative estimate of drug-likeness (QED) is 0.0931. The molecule has 0 unspecified atom stereocenters. The third kappa shape index (κ3) is 11.3. The Balaban J connectivity index is 1.27. The van der Waals surface area contributed by atoms with Gasteiger partial charge in [-0.25, -0.2) is 9.59 Å². The van der Waals surface area contributed by atoms with Crippen molar-refractivity contribution in [2.24, 2.45) is 5.41 Å². The SMILES string of the molecule is Cc1ccnc(-c2ccc(C[C@@H]([C@@H](O)C[C@H](Cc3ccccc3)NC(=O)[C@@H](N3CCN(Cc4cccc(C)n4)C3=O)C(C)(C)C)N(Cc3ccccc3)C(=O)O)cc2)c1. The Labute approximate surface area is 347 Å². The molecule has 0 radical (unpaired) electrons. The molecule has 1 aliphatic rings. The normalized spacial score (nSPS) is 15.1. The van der Waals surface area contributed by atoms with E-state index in [4.69, 9.17) is 0 Å². The molecule has 3 heterocycles. The molecule has 0 bridgehead atoms. The first-order valence-electron chi connectivity index (χ1n) is 20.3. The van der Waals surface area contributed by atoms with Crippen molar-refractivity contribution in [3.05, 3.63) is 155 Å². The Morgan fingerprint density at radius 1 is 0.831 bits per heavy atom. The van der Waals surface area contributed by atoms with E-state index in [0.29, 0.717) is 26.1 Å². The molecule has 5 aromatic rings. The van der Waals surface area contributed by atoms with Crippen LogP contribution in [0.1, 0.15) is 60.8 Å². The van der Waals surface area contributed by atoms with Crippen LogP contribution in [0.3, 0.4) is 0 Å². The van der Waals surface area contributed by atoms with Crippen molar-refractivity contribution in [1.29, 1.82) is 0 Å². The molecular formula is C48H56N6O5. The zero-order valence-corrected chi connectivity index (χ0v) is 34.7. The first-order chi connectivity index (χ1) is 28.2. The van der Waals surface area contributed by atoms with Crippen LogP contribution in [0.5, 0.6) is 0 Å². The van der Waals surface area contributed by atoms with E-state index in [9.17, 15) is 24.6 Å². The summed E-state index contributed by atoms with van der Waals surface area (Å²) in [6.07, 6.45) is 0.109. The Kier molecular flexibility index (Phi) is 13.8. The number of urea groups is 1. The third-order valence-electron chi connectivity index (χ3n) is 10.9. The molecule has 0 spiro atoms. The molecule has 3 N–H and O–H groups in total. The van der Waals surface area contributed by atoms with Crippen LogP contribution >= 0.6 is 0 Å². The van der Waals surface area contributed by atoms with E-state index in [0.717, 1.165) is 44.9 Å². The summed E-state index contributed by atoms with van der Waals surface area (Å²) in [6, 6.07) is 34.0. The molecule has 59 heavy (non-hydrogen) atoms. The van der Waals surface area contributed by atoms with Gasteiger partial charge in [0.15, 0.2) is 0 Å². The van der Waals surface area contributed by atoms with Gasteiger partial charge in [-0.05, 0) is 85.0 Å².